The lowest BCUT2D eigenvalue weighted by Crippen LogP contribution is -2.23. The number of amides is 1. The molecule has 0 radical (unpaired) electrons. The van der Waals surface area contributed by atoms with Gasteiger partial charge in [-0.3, -0.25) is 9.48 Å². The summed E-state index contributed by atoms with van der Waals surface area (Å²) in [7, 11) is 0. The highest BCUT2D eigenvalue weighted by Crippen LogP contribution is 2.15. The molecule has 0 spiro atoms. The number of nitrogens with one attached hydrogen (secondary N) is 1. The van der Waals surface area contributed by atoms with E-state index in [2.05, 4.69) is 15.4 Å². The zero-order valence-electron chi connectivity index (χ0n) is 16.8. The lowest BCUT2D eigenvalue weighted by molar-refractivity contribution is -0.139. The minimum Gasteiger partial charge on any atom is -0.482 e. The van der Waals surface area contributed by atoms with Crippen molar-refractivity contribution in [3.8, 4) is 5.75 Å². The number of nitrogens with zero attached hydrogens (tertiary/aromatic N) is 3. The second-order valence-electron chi connectivity index (χ2n) is 6.86. The molecule has 156 valence electrons. The lowest BCUT2D eigenvalue weighted by Gasteiger charge is -2.11. The minimum absolute atomic E-state index is 0.228. The fraction of sp³-hybridized carbons (Fsp3) is 0.238. The SMILES string of the molecule is Cc1cc(N)nc(C)c1CNC(=O)c1cnn(Cc2ccc(OCC(=O)O)cc2)c1. The summed E-state index contributed by atoms with van der Waals surface area (Å²) >= 11 is 0. The number of carboxylic acids is 1. The molecule has 1 amide bonds. The number of pyridine rings is 1. The van der Waals surface area contributed by atoms with Gasteiger partial charge in [0.1, 0.15) is 11.6 Å². The minimum atomic E-state index is -1.03. The van der Waals surface area contributed by atoms with Crippen LogP contribution < -0.4 is 15.8 Å². The summed E-state index contributed by atoms with van der Waals surface area (Å²) in [6, 6.07) is 8.81. The van der Waals surface area contributed by atoms with Crippen molar-refractivity contribution in [1.29, 1.82) is 0 Å². The van der Waals surface area contributed by atoms with Crippen LogP contribution in [0.2, 0.25) is 0 Å². The van der Waals surface area contributed by atoms with Gasteiger partial charge in [-0.25, -0.2) is 9.78 Å². The van der Waals surface area contributed by atoms with E-state index in [4.69, 9.17) is 15.6 Å². The van der Waals surface area contributed by atoms with Crippen molar-refractivity contribution < 1.29 is 19.4 Å². The van der Waals surface area contributed by atoms with Crippen molar-refractivity contribution >= 4 is 17.7 Å². The Hall–Kier alpha value is -3.88. The summed E-state index contributed by atoms with van der Waals surface area (Å²) in [4.78, 5) is 27.2. The van der Waals surface area contributed by atoms with Gasteiger partial charge in [0.15, 0.2) is 6.61 Å². The van der Waals surface area contributed by atoms with Gasteiger partial charge in [-0.15, -0.1) is 0 Å². The number of benzene rings is 1. The first kappa shape index (κ1) is 20.8. The molecule has 3 rings (SSSR count). The molecule has 0 fully saturated rings. The third-order valence-corrected chi connectivity index (χ3v) is 4.53. The molecule has 3 aromatic rings. The van der Waals surface area contributed by atoms with Crippen LogP contribution in [0.5, 0.6) is 5.75 Å². The van der Waals surface area contributed by atoms with Crippen LogP contribution in [0.3, 0.4) is 0 Å². The molecule has 30 heavy (non-hydrogen) atoms. The highest BCUT2D eigenvalue weighted by Gasteiger charge is 2.11. The topological polar surface area (TPSA) is 132 Å². The van der Waals surface area contributed by atoms with Crippen LogP contribution in [0, 0.1) is 13.8 Å². The summed E-state index contributed by atoms with van der Waals surface area (Å²) < 4.78 is 6.76. The number of carboxylic acid groups (broad SMARTS) is 1. The van der Waals surface area contributed by atoms with Gasteiger partial charge in [0, 0.05) is 18.4 Å². The fourth-order valence-corrected chi connectivity index (χ4v) is 3.02. The molecular formula is C21H23N5O4. The van der Waals surface area contributed by atoms with Gasteiger partial charge in [0.25, 0.3) is 5.91 Å². The molecule has 0 bridgehead atoms. The third kappa shape index (κ3) is 5.34. The number of hydrogen-bond acceptors (Lipinski definition) is 6. The van der Waals surface area contributed by atoms with Crippen molar-refractivity contribution in [3.63, 3.8) is 0 Å². The number of aryl methyl sites for hydroxylation is 2. The molecule has 0 aliphatic carbocycles. The third-order valence-electron chi connectivity index (χ3n) is 4.53. The molecule has 0 saturated carbocycles. The average Bonchev–Trinajstić information content (AvgIpc) is 3.15. The standard InChI is InChI=1S/C21H23N5O4/c1-13-7-19(22)25-14(2)18(13)9-23-21(29)16-8-24-26(11-16)10-15-3-5-17(6-4-15)30-12-20(27)28/h3-8,11H,9-10,12H2,1-2H3,(H2,22,25)(H,23,29)(H,27,28). The average molecular weight is 409 g/mol. The van der Waals surface area contributed by atoms with Gasteiger partial charge in [-0.1, -0.05) is 12.1 Å². The Morgan fingerprint density at radius 1 is 1.23 bits per heavy atom. The smallest absolute Gasteiger partial charge is 0.341 e. The number of nitrogens with two attached hydrogens (primary N) is 1. The normalized spacial score (nSPS) is 10.6. The van der Waals surface area contributed by atoms with E-state index < -0.39 is 5.97 Å². The molecule has 0 aliphatic rings. The number of aliphatic carboxylic acids is 1. The highest BCUT2D eigenvalue weighted by molar-refractivity contribution is 5.93. The molecule has 0 atom stereocenters. The molecule has 0 unspecified atom stereocenters. The zero-order chi connectivity index (χ0) is 21.7. The first-order valence-electron chi connectivity index (χ1n) is 9.28. The molecule has 2 heterocycles. The molecule has 2 aromatic heterocycles. The van der Waals surface area contributed by atoms with Gasteiger partial charge in [-0.2, -0.15) is 5.10 Å². The van der Waals surface area contributed by atoms with Crippen molar-refractivity contribution in [2.75, 3.05) is 12.3 Å². The summed E-state index contributed by atoms with van der Waals surface area (Å²) in [5.74, 6) is -0.319. The van der Waals surface area contributed by atoms with Crippen molar-refractivity contribution in [3.05, 3.63) is 70.7 Å². The predicted octanol–water partition coefficient (Wildman–Crippen LogP) is 1.92. The number of nitrogen functional groups attached to an aromatic ring is 1. The van der Waals surface area contributed by atoms with Crippen LogP contribution in [-0.2, 0) is 17.9 Å². The Morgan fingerprint density at radius 2 is 1.97 bits per heavy atom. The summed E-state index contributed by atoms with van der Waals surface area (Å²) in [5, 5.41) is 15.8. The van der Waals surface area contributed by atoms with E-state index in [9.17, 15) is 9.59 Å². The monoisotopic (exact) mass is 409 g/mol. The maximum atomic E-state index is 12.5. The van der Waals surface area contributed by atoms with Crippen LogP contribution in [0.15, 0.2) is 42.7 Å². The lowest BCUT2D eigenvalue weighted by atomic mass is 10.1. The zero-order valence-corrected chi connectivity index (χ0v) is 16.8. The molecule has 0 aliphatic heterocycles. The van der Waals surface area contributed by atoms with Crippen LogP contribution in [-0.4, -0.2) is 38.4 Å². The first-order valence-corrected chi connectivity index (χ1v) is 9.28. The van der Waals surface area contributed by atoms with E-state index in [-0.39, 0.29) is 12.5 Å². The Balaban J connectivity index is 1.58. The van der Waals surface area contributed by atoms with E-state index in [0.717, 1.165) is 22.4 Å². The number of hydrogen-bond donors (Lipinski definition) is 3. The molecule has 0 saturated heterocycles. The number of carbonyl (C=O) groups is 2. The Kier molecular flexibility index (Phi) is 6.31. The number of rotatable bonds is 8. The Bertz CT molecular complexity index is 1040. The molecule has 1 aromatic carbocycles. The number of carbonyl (C=O) groups excluding carboxylic acids is 1. The molecule has 9 nitrogen and oxygen atoms in total. The quantitative estimate of drug-likeness (QED) is 0.518. The second kappa shape index (κ2) is 9.08. The second-order valence-corrected chi connectivity index (χ2v) is 6.86. The van der Waals surface area contributed by atoms with E-state index in [1.807, 2.05) is 26.0 Å². The summed E-state index contributed by atoms with van der Waals surface area (Å²) in [6.07, 6.45) is 3.19. The van der Waals surface area contributed by atoms with E-state index >= 15 is 0 Å². The van der Waals surface area contributed by atoms with Crippen LogP contribution in [0.25, 0.3) is 0 Å². The van der Waals surface area contributed by atoms with Gasteiger partial charge in [0.2, 0.25) is 0 Å². The van der Waals surface area contributed by atoms with Crippen LogP contribution >= 0.6 is 0 Å². The van der Waals surface area contributed by atoms with Crippen LogP contribution in [0.4, 0.5) is 5.82 Å². The fourth-order valence-electron chi connectivity index (χ4n) is 3.02. The van der Waals surface area contributed by atoms with Crippen LogP contribution in [0.1, 0.15) is 32.7 Å². The number of ether oxygens (including phenoxy) is 1. The maximum Gasteiger partial charge on any atom is 0.341 e. The van der Waals surface area contributed by atoms with Gasteiger partial charge < -0.3 is 20.9 Å². The van der Waals surface area contributed by atoms with Gasteiger partial charge >= 0.3 is 5.97 Å². The van der Waals surface area contributed by atoms with Gasteiger partial charge in [-0.05, 0) is 48.7 Å². The molecular weight excluding hydrogens is 386 g/mol. The predicted molar refractivity (Wildman–Crippen MR) is 110 cm³/mol. The maximum absolute atomic E-state index is 12.5. The van der Waals surface area contributed by atoms with Crippen molar-refractivity contribution in [2.24, 2.45) is 0 Å². The Morgan fingerprint density at radius 3 is 2.63 bits per heavy atom. The van der Waals surface area contributed by atoms with E-state index in [1.165, 1.54) is 6.20 Å². The van der Waals surface area contributed by atoms with Crippen molar-refractivity contribution in [2.45, 2.75) is 26.9 Å². The van der Waals surface area contributed by atoms with E-state index in [1.54, 1.807) is 29.1 Å². The number of aromatic nitrogens is 3. The Labute approximate surface area is 173 Å². The summed E-state index contributed by atoms with van der Waals surface area (Å²) in [6.45, 7) is 4.23. The largest absolute Gasteiger partial charge is 0.482 e. The van der Waals surface area contributed by atoms with E-state index in [0.29, 0.717) is 30.2 Å². The van der Waals surface area contributed by atoms with Gasteiger partial charge in [0.05, 0.1) is 18.3 Å². The molecule has 9 heteroatoms. The number of anilines is 1. The first-order chi connectivity index (χ1) is 14.3. The van der Waals surface area contributed by atoms with Crippen molar-refractivity contribution in [1.82, 2.24) is 20.1 Å². The highest BCUT2D eigenvalue weighted by atomic mass is 16.5. The summed E-state index contributed by atoms with van der Waals surface area (Å²) in [5.41, 5.74) is 9.84. The molecule has 4 N–H and O–H groups in total.